The van der Waals surface area contributed by atoms with Crippen molar-refractivity contribution in [3.63, 3.8) is 0 Å². The molecular weight excluding hydrogens is 247 g/mol. The Bertz CT molecular complexity index is 643. The minimum absolute atomic E-state index is 0.365. The zero-order chi connectivity index (χ0) is 14.2. The fraction of sp³-hybridized carbons (Fsp3) is 0.286. The van der Waals surface area contributed by atoms with Crippen LogP contribution in [-0.4, -0.2) is 29.1 Å². The Labute approximate surface area is 110 Å². The van der Waals surface area contributed by atoms with Gasteiger partial charge in [-0.15, -0.1) is 0 Å². The number of pyridine rings is 1. The Hall–Kier alpha value is -2.17. The number of aryl methyl sites for hydroxylation is 1. The van der Waals surface area contributed by atoms with Gasteiger partial charge in [-0.2, -0.15) is 0 Å². The molecule has 1 aromatic carbocycles. The van der Waals surface area contributed by atoms with E-state index in [-0.39, 0.29) is 5.82 Å². The van der Waals surface area contributed by atoms with E-state index in [0.29, 0.717) is 16.6 Å². The van der Waals surface area contributed by atoms with Gasteiger partial charge in [0.15, 0.2) is 0 Å². The van der Waals surface area contributed by atoms with Gasteiger partial charge in [0, 0.05) is 23.8 Å². The molecule has 1 atom stereocenters. The molecule has 0 aliphatic carbocycles. The van der Waals surface area contributed by atoms with E-state index in [9.17, 15) is 9.18 Å². The Morgan fingerprint density at radius 3 is 2.74 bits per heavy atom. The lowest BCUT2D eigenvalue weighted by atomic mass is 10.1. The summed E-state index contributed by atoms with van der Waals surface area (Å²) < 4.78 is 13.4. The number of carboxylic acids is 1. The molecule has 0 fully saturated rings. The van der Waals surface area contributed by atoms with Crippen LogP contribution in [0.3, 0.4) is 0 Å². The van der Waals surface area contributed by atoms with E-state index in [2.05, 4.69) is 4.98 Å². The van der Waals surface area contributed by atoms with Crippen LogP contribution in [0.25, 0.3) is 10.9 Å². The van der Waals surface area contributed by atoms with E-state index in [1.807, 2.05) is 6.92 Å². The van der Waals surface area contributed by atoms with Crippen molar-refractivity contribution in [2.24, 2.45) is 0 Å². The van der Waals surface area contributed by atoms with Gasteiger partial charge < -0.3 is 10.0 Å². The first-order chi connectivity index (χ1) is 8.90. The third kappa shape index (κ3) is 2.50. The second kappa shape index (κ2) is 4.84. The van der Waals surface area contributed by atoms with Gasteiger partial charge in [-0.1, -0.05) is 0 Å². The van der Waals surface area contributed by atoms with Crippen molar-refractivity contribution < 1.29 is 14.3 Å². The molecule has 0 amide bonds. The summed E-state index contributed by atoms with van der Waals surface area (Å²) in [7, 11) is 1.68. The van der Waals surface area contributed by atoms with Crippen LogP contribution in [0.4, 0.5) is 10.1 Å². The molecule has 1 unspecified atom stereocenters. The molecule has 19 heavy (non-hydrogen) atoms. The average molecular weight is 262 g/mol. The van der Waals surface area contributed by atoms with E-state index >= 15 is 0 Å². The number of benzene rings is 1. The fourth-order valence-electron chi connectivity index (χ4n) is 1.97. The molecule has 2 aromatic rings. The van der Waals surface area contributed by atoms with Crippen molar-refractivity contribution in [1.82, 2.24) is 4.98 Å². The van der Waals surface area contributed by atoms with Gasteiger partial charge in [0.2, 0.25) is 0 Å². The fourth-order valence-corrected chi connectivity index (χ4v) is 1.97. The highest BCUT2D eigenvalue weighted by atomic mass is 19.1. The average Bonchev–Trinajstić information content (AvgIpc) is 2.36. The number of likely N-dealkylation sites (N-methyl/N-ethyl adjacent to an activating group) is 1. The summed E-state index contributed by atoms with van der Waals surface area (Å²) in [6.07, 6.45) is 0. The minimum atomic E-state index is -0.929. The Morgan fingerprint density at radius 1 is 1.42 bits per heavy atom. The predicted molar refractivity (Wildman–Crippen MR) is 71.9 cm³/mol. The molecule has 0 saturated heterocycles. The maximum absolute atomic E-state index is 13.4. The number of fused-ring (bicyclic) bond motifs is 1. The van der Waals surface area contributed by atoms with E-state index in [1.54, 1.807) is 31.0 Å². The molecule has 1 aromatic heterocycles. The highest BCUT2D eigenvalue weighted by molar-refractivity contribution is 5.93. The molecule has 2 rings (SSSR count). The molecule has 4 nitrogen and oxygen atoms in total. The highest BCUT2D eigenvalue weighted by Gasteiger charge is 2.19. The Kier molecular flexibility index (Phi) is 3.38. The maximum atomic E-state index is 13.4. The van der Waals surface area contributed by atoms with E-state index in [4.69, 9.17) is 5.11 Å². The SMILES string of the molecule is Cc1cc(N(C)C(C)C(=O)O)c2cc(F)ccc2n1. The number of anilines is 1. The lowest BCUT2D eigenvalue weighted by Gasteiger charge is -2.25. The minimum Gasteiger partial charge on any atom is -0.480 e. The van der Waals surface area contributed by atoms with Gasteiger partial charge >= 0.3 is 5.97 Å². The lowest BCUT2D eigenvalue weighted by molar-refractivity contribution is -0.138. The number of carbonyl (C=O) groups is 1. The van der Waals surface area contributed by atoms with Crippen LogP contribution in [-0.2, 0) is 4.79 Å². The number of halogens is 1. The van der Waals surface area contributed by atoms with Crippen molar-refractivity contribution in [3.8, 4) is 0 Å². The van der Waals surface area contributed by atoms with Crippen molar-refractivity contribution in [2.45, 2.75) is 19.9 Å². The monoisotopic (exact) mass is 262 g/mol. The molecule has 0 bridgehead atoms. The van der Waals surface area contributed by atoms with Gasteiger partial charge in [-0.3, -0.25) is 4.98 Å². The van der Waals surface area contributed by atoms with Crippen LogP contribution >= 0.6 is 0 Å². The summed E-state index contributed by atoms with van der Waals surface area (Å²) in [6, 6.07) is 5.39. The number of nitrogens with zero attached hydrogens (tertiary/aromatic N) is 2. The molecule has 0 radical (unpaired) electrons. The first-order valence-electron chi connectivity index (χ1n) is 5.92. The smallest absolute Gasteiger partial charge is 0.326 e. The van der Waals surface area contributed by atoms with Crippen LogP contribution < -0.4 is 4.90 Å². The topological polar surface area (TPSA) is 53.4 Å². The Morgan fingerprint density at radius 2 is 2.11 bits per heavy atom. The normalized spacial score (nSPS) is 12.4. The maximum Gasteiger partial charge on any atom is 0.326 e. The standard InChI is InChI=1S/C14H15FN2O2/c1-8-6-13(17(3)9(2)14(18)19)11-7-10(15)4-5-12(11)16-8/h4-7,9H,1-3H3,(H,18,19). The van der Waals surface area contributed by atoms with Crippen LogP contribution in [0, 0.1) is 12.7 Å². The summed E-state index contributed by atoms with van der Waals surface area (Å²) >= 11 is 0. The second-order valence-corrected chi connectivity index (χ2v) is 4.57. The van der Waals surface area contributed by atoms with Gasteiger partial charge in [0.05, 0.1) is 5.52 Å². The zero-order valence-electron chi connectivity index (χ0n) is 11.0. The third-order valence-corrected chi connectivity index (χ3v) is 3.20. The number of carboxylic acid groups (broad SMARTS) is 1. The van der Waals surface area contributed by atoms with Crippen LogP contribution in [0.15, 0.2) is 24.3 Å². The third-order valence-electron chi connectivity index (χ3n) is 3.20. The summed E-state index contributed by atoms with van der Waals surface area (Å²) in [5.74, 6) is -1.29. The molecule has 0 aliphatic heterocycles. The first-order valence-corrected chi connectivity index (χ1v) is 5.92. The highest BCUT2D eigenvalue weighted by Crippen LogP contribution is 2.28. The summed E-state index contributed by atoms with van der Waals surface area (Å²) in [4.78, 5) is 17.0. The molecule has 5 heteroatoms. The van der Waals surface area contributed by atoms with Crippen LogP contribution in [0.2, 0.25) is 0 Å². The Balaban J connectivity index is 2.64. The molecule has 100 valence electrons. The van der Waals surface area contributed by atoms with Crippen molar-refractivity contribution in [2.75, 3.05) is 11.9 Å². The summed E-state index contributed by atoms with van der Waals surface area (Å²) in [6.45, 7) is 3.41. The number of hydrogen-bond donors (Lipinski definition) is 1. The molecule has 1 N–H and O–H groups in total. The number of aliphatic carboxylic acids is 1. The van der Waals surface area contributed by atoms with Crippen LogP contribution in [0.1, 0.15) is 12.6 Å². The zero-order valence-corrected chi connectivity index (χ0v) is 11.0. The van der Waals surface area contributed by atoms with E-state index in [0.717, 1.165) is 5.69 Å². The van der Waals surface area contributed by atoms with Crippen molar-refractivity contribution in [1.29, 1.82) is 0 Å². The van der Waals surface area contributed by atoms with E-state index in [1.165, 1.54) is 12.1 Å². The molecule has 0 aliphatic rings. The molecule has 0 saturated carbocycles. The van der Waals surface area contributed by atoms with Gasteiger partial charge in [-0.25, -0.2) is 9.18 Å². The number of rotatable bonds is 3. The molecular formula is C14H15FN2O2. The van der Waals surface area contributed by atoms with Gasteiger partial charge in [0.1, 0.15) is 11.9 Å². The van der Waals surface area contributed by atoms with Gasteiger partial charge in [-0.05, 0) is 38.1 Å². The first kappa shape index (κ1) is 13.3. The lowest BCUT2D eigenvalue weighted by Crippen LogP contribution is -2.36. The summed E-state index contributed by atoms with van der Waals surface area (Å²) in [5.41, 5.74) is 2.08. The molecule has 1 heterocycles. The molecule has 0 spiro atoms. The predicted octanol–water partition coefficient (Wildman–Crippen LogP) is 2.59. The number of aromatic nitrogens is 1. The largest absolute Gasteiger partial charge is 0.480 e. The van der Waals surface area contributed by atoms with Crippen molar-refractivity contribution in [3.05, 3.63) is 35.8 Å². The quantitative estimate of drug-likeness (QED) is 0.923. The van der Waals surface area contributed by atoms with Crippen LogP contribution in [0.5, 0.6) is 0 Å². The second-order valence-electron chi connectivity index (χ2n) is 4.57. The van der Waals surface area contributed by atoms with Crippen molar-refractivity contribution >= 4 is 22.6 Å². The summed E-state index contributed by atoms with van der Waals surface area (Å²) in [5, 5.41) is 9.69. The van der Waals surface area contributed by atoms with E-state index < -0.39 is 12.0 Å². The van der Waals surface area contributed by atoms with Gasteiger partial charge in [0.25, 0.3) is 0 Å². The number of hydrogen-bond acceptors (Lipinski definition) is 3.